The van der Waals surface area contributed by atoms with Gasteiger partial charge in [0, 0.05) is 10.6 Å². The first-order valence-electron chi connectivity index (χ1n) is 7.41. The molecule has 110 valence electrons. The van der Waals surface area contributed by atoms with Crippen molar-refractivity contribution in [1.29, 1.82) is 0 Å². The van der Waals surface area contributed by atoms with Crippen molar-refractivity contribution in [3.63, 3.8) is 0 Å². The average Bonchev–Trinajstić information content (AvgIpc) is 2.41. The molecule has 0 radical (unpaired) electrons. The highest BCUT2D eigenvalue weighted by molar-refractivity contribution is 6.31. The van der Waals surface area contributed by atoms with Crippen molar-refractivity contribution < 1.29 is 4.39 Å². The van der Waals surface area contributed by atoms with Crippen LogP contribution < -0.4 is 5.32 Å². The molecule has 1 fully saturated rings. The number of rotatable bonds is 4. The van der Waals surface area contributed by atoms with Crippen LogP contribution in [0.15, 0.2) is 42.5 Å². The van der Waals surface area contributed by atoms with Gasteiger partial charge in [-0.15, -0.1) is 0 Å². The molecule has 1 saturated carbocycles. The summed E-state index contributed by atoms with van der Waals surface area (Å²) in [6, 6.07) is 13.1. The normalized spacial score (nSPS) is 16.5. The van der Waals surface area contributed by atoms with Gasteiger partial charge in [0.15, 0.2) is 0 Å². The maximum atomic E-state index is 14.2. The quantitative estimate of drug-likeness (QED) is 0.833. The molecule has 0 aromatic heterocycles. The van der Waals surface area contributed by atoms with Crippen LogP contribution in [0.4, 0.5) is 4.39 Å². The van der Waals surface area contributed by atoms with Crippen molar-refractivity contribution in [2.75, 3.05) is 7.05 Å². The van der Waals surface area contributed by atoms with Crippen LogP contribution in [-0.2, 0) is 0 Å². The third kappa shape index (κ3) is 2.83. The van der Waals surface area contributed by atoms with E-state index in [1.54, 1.807) is 12.1 Å². The van der Waals surface area contributed by atoms with Crippen LogP contribution in [-0.4, -0.2) is 7.05 Å². The fraction of sp³-hybridized carbons (Fsp3) is 0.333. The van der Waals surface area contributed by atoms with Crippen LogP contribution in [0.3, 0.4) is 0 Å². The molecule has 1 unspecified atom stereocenters. The molecule has 2 aromatic rings. The predicted octanol–water partition coefficient (Wildman–Crippen LogP) is 5.06. The summed E-state index contributed by atoms with van der Waals surface area (Å²) in [5, 5.41) is 3.66. The van der Waals surface area contributed by atoms with Crippen LogP contribution in [0.25, 0.3) is 0 Å². The summed E-state index contributed by atoms with van der Waals surface area (Å²) in [6.07, 6.45) is 3.83. The monoisotopic (exact) mass is 303 g/mol. The Bertz CT molecular complexity index is 617. The first-order chi connectivity index (χ1) is 10.2. The van der Waals surface area contributed by atoms with Gasteiger partial charge in [0.05, 0.1) is 6.04 Å². The highest BCUT2D eigenvalue weighted by atomic mass is 35.5. The molecule has 1 aliphatic carbocycles. The van der Waals surface area contributed by atoms with Gasteiger partial charge in [-0.25, -0.2) is 4.39 Å². The lowest BCUT2D eigenvalue weighted by Crippen LogP contribution is -2.20. The topological polar surface area (TPSA) is 12.0 Å². The zero-order valence-corrected chi connectivity index (χ0v) is 12.8. The maximum Gasteiger partial charge on any atom is 0.129 e. The Morgan fingerprint density at radius 2 is 1.95 bits per heavy atom. The lowest BCUT2D eigenvalue weighted by Gasteiger charge is -2.27. The average molecular weight is 304 g/mol. The van der Waals surface area contributed by atoms with Crippen molar-refractivity contribution >= 4 is 11.6 Å². The van der Waals surface area contributed by atoms with Gasteiger partial charge in [-0.3, -0.25) is 0 Å². The first kappa shape index (κ1) is 14.6. The lowest BCUT2D eigenvalue weighted by atomic mass is 9.79. The summed E-state index contributed by atoms with van der Waals surface area (Å²) in [5.41, 5.74) is 2.94. The zero-order chi connectivity index (χ0) is 14.8. The lowest BCUT2D eigenvalue weighted by molar-refractivity contribution is 0.419. The van der Waals surface area contributed by atoms with Gasteiger partial charge in [-0.2, -0.15) is 0 Å². The molecule has 0 saturated heterocycles. The third-order valence-electron chi connectivity index (χ3n) is 4.40. The molecule has 0 spiro atoms. The van der Waals surface area contributed by atoms with E-state index >= 15 is 0 Å². The molecule has 0 aliphatic heterocycles. The zero-order valence-electron chi connectivity index (χ0n) is 12.1. The molecule has 3 heteroatoms. The minimum absolute atomic E-state index is 0.223. The molecule has 21 heavy (non-hydrogen) atoms. The van der Waals surface area contributed by atoms with E-state index < -0.39 is 0 Å². The Balaban J connectivity index is 2.00. The van der Waals surface area contributed by atoms with Gasteiger partial charge in [0.25, 0.3) is 0 Å². The molecule has 0 bridgehead atoms. The summed E-state index contributed by atoms with van der Waals surface area (Å²) in [6.45, 7) is 0. The van der Waals surface area contributed by atoms with Crippen molar-refractivity contribution in [3.05, 3.63) is 70.0 Å². The first-order valence-corrected chi connectivity index (χ1v) is 7.79. The van der Waals surface area contributed by atoms with E-state index in [0.29, 0.717) is 16.5 Å². The Hall–Kier alpha value is -1.38. The van der Waals surface area contributed by atoms with Crippen LogP contribution in [0, 0.1) is 5.82 Å². The fourth-order valence-electron chi connectivity index (χ4n) is 3.00. The van der Waals surface area contributed by atoms with Crippen molar-refractivity contribution in [3.8, 4) is 0 Å². The molecular formula is C18H19ClFN. The van der Waals surface area contributed by atoms with E-state index in [9.17, 15) is 4.39 Å². The smallest absolute Gasteiger partial charge is 0.129 e. The van der Waals surface area contributed by atoms with E-state index in [-0.39, 0.29) is 11.9 Å². The fourth-order valence-corrected chi connectivity index (χ4v) is 3.27. The van der Waals surface area contributed by atoms with Crippen LogP contribution >= 0.6 is 11.6 Å². The Kier molecular flexibility index (Phi) is 4.27. The summed E-state index contributed by atoms with van der Waals surface area (Å²) in [4.78, 5) is 0. The molecule has 3 rings (SSSR count). The van der Waals surface area contributed by atoms with Gasteiger partial charge in [0.1, 0.15) is 5.82 Å². The highest BCUT2D eigenvalue weighted by Gasteiger charge is 2.23. The van der Waals surface area contributed by atoms with Gasteiger partial charge in [-0.1, -0.05) is 48.4 Å². The van der Waals surface area contributed by atoms with Gasteiger partial charge in [-0.05, 0) is 49.1 Å². The number of halogens is 2. The van der Waals surface area contributed by atoms with Crippen molar-refractivity contribution in [2.45, 2.75) is 31.2 Å². The second-order valence-corrected chi connectivity index (χ2v) is 6.06. The highest BCUT2D eigenvalue weighted by Crippen LogP contribution is 2.38. The summed E-state index contributed by atoms with van der Waals surface area (Å²) in [5.74, 6) is 0.398. The van der Waals surface area contributed by atoms with Crippen molar-refractivity contribution in [2.24, 2.45) is 0 Å². The SMILES string of the molecule is CNC(c1cccc(C2CCC2)c1)c1c(F)cccc1Cl. The minimum atomic E-state index is -0.268. The van der Waals surface area contributed by atoms with E-state index in [0.717, 1.165) is 5.56 Å². The standard InChI is InChI=1S/C18H19ClFN/c1-21-18(17-15(19)9-4-10-16(17)20)14-8-3-7-13(11-14)12-5-2-6-12/h3-4,7-12,18,21H,2,5-6H2,1H3. The predicted molar refractivity (Wildman–Crippen MR) is 85.3 cm³/mol. The molecule has 0 heterocycles. The van der Waals surface area contributed by atoms with E-state index in [1.165, 1.54) is 30.9 Å². The van der Waals surface area contributed by atoms with E-state index in [2.05, 4.69) is 23.5 Å². The summed E-state index contributed by atoms with van der Waals surface area (Å²) in [7, 11) is 1.84. The molecule has 1 aliphatic rings. The second-order valence-electron chi connectivity index (χ2n) is 5.65. The Morgan fingerprint density at radius 1 is 1.19 bits per heavy atom. The molecular weight excluding hydrogens is 285 g/mol. The van der Waals surface area contributed by atoms with Gasteiger partial charge >= 0.3 is 0 Å². The Morgan fingerprint density at radius 3 is 2.57 bits per heavy atom. The largest absolute Gasteiger partial charge is 0.309 e. The Labute approximate surface area is 130 Å². The van der Waals surface area contributed by atoms with Crippen LogP contribution in [0.1, 0.15) is 47.9 Å². The van der Waals surface area contributed by atoms with Crippen LogP contribution in [0.2, 0.25) is 5.02 Å². The van der Waals surface area contributed by atoms with Gasteiger partial charge < -0.3 is 5.32 Å². The summed E-state index contributed by atoms with van der Waals surface area (Å²) < 4.78 is 14.2. The molecule has 1 N–H and O–H groups in total. The second kappa shape index (κ2) is 6.17. The maximum absolute atomic E-state index is 14.2. The van der Waals surface area contributed by atoms with Crippen molar-refractivity contribution in [1.82, 2.24) is 5.32 Å². The van der Waals surface area contributed by atoms with E-state index in [1.807, 2.05) is 13.1 Å². The minimum Gasteiger partial charge on any atom is -0.309 e. The van der Waals surface area contributed by atoms with Crippen LogP contribution in [0.5, 0.6) is 0 Å². The molecule has 1 atom stereocenters. The third-order valence-corrected chi connectivity index (χ3v) is 4.73. The van der Waals surface area contributed by atoms with E-state index in [4.69, 9.17) is 11.6 Å². The number of hydrogen-bond acceptors (Lipinski definition) is 1. The number of nitrogens with one attached hydrogen (secondary N) is 1. The summed E-state index contributed by atoms with van der Waals surface area (Å²) >= 11 is 6.21. The molecule has 2 aromatic carbocycles. The molecule has 0 amide bonds. The van der Waals surface area contributed by atoms with Gasteiger partial charge in [0.2, 0.25) is 0 Å². The molecule has 1 nitrogen and oxygen atoms in total. The number of hydrogen-bond donors (Lipinski definition) is 1. The number of benzene rings is 2.